The summed E-state index contributed by atoms with van der Waals surface area (Å²) in [4.78, 5) is 2.66. The predicted octanol–water partition coefficient (Wildman–Crippen LogP) is 2.81. The van der Waals surface area contributed by atoms with Gasteiger partial charge in [-0.3, -0.25) is 9.58 Å². The van der Waals surface area contributed by atoms with Crippen LogP contribution in [0.4, 0.5) is 0 Å². The maximum atomic E-state index is 4.60. The first kappa shape index (κ1) is 16.5. The molecular weight excluding hydrogens is 260 g/mol. The third kappa shape index (κ3) is 3.86. The molecule has 1 N–H and O–H groups in total. The van der Waals surface area contributed by atoms with Crippen LogP contribution < -0.4 is 5.32 Å². The fourth-order valence-corrected chi connectivity index (χ4v) is 3.39. The van der Waals surface area contributed by atoms with E-state index in [1.807, 2.05) is 0 Å². The third-order valence-electron chi connectivity index (χ3n) is 4.64. The molecule has 2 atom stereocenters. The van der Waals surface area contributed by atoms with Gasteiger partial charge >= 0.3 is 0 Å². The zero-order chi connectivity index (χ0) is 15.6. The molecule has 2 rings (SSSR count). The number of hydrogen-bond acceptors (Lipinski definition) is 3. The van der Waals surface area contributed by atoms with Crippen molar-refractivity contribution in [2.45, 2.75) is 73.1 Å². The molecule has 0 spiro atoms. The van der Waals surface area contributed by atoms with Gasteiger partial charge in [-0.1, -0.05) is 27.7 Å². The number of nitrogens with zero attached hydrogens (tertiary/aromatic N) is 3. The van der Waals surface area contributed by atoms with Gasteiger partial charge in [0.05, 0.1) is 11.4 Å². The molecule has 0 radical (unpaired) electrons. The predicted molar refractivity (Wildman–Crippen MR) is 88.4 cm³/mol. The monoisotopic (exact) mass is 292 g/mol. The zero-order valence-corrected chi connectivity index (χ0v) is 14.6. The summed E-state index contributed by atoms with van der Waals surface area (Å²) in [6, 6.07) is 3.43. The van der Waals surface area contributed by atoms with E-state index in [-0.39, 0.29) is 5.41 Å². The number of rotatable bonds is 4. The van der Waals surface area contributed by atoms with Crippen molar-refractivity contribution in [3.05, 3.63) is 17.5 Å². The number of nitrogens with one attached hydrogen (secondary N) is 1. The maximum absolute atomic E-state index is 4.60. The highest BCUT2D eigenvalue weighted by molar-refractivity contribution is 5.10. The second-order valence-electron chi connectivity index (χ2n) is 7.42. The SMILES string of the molecule is CCC1CN(Cc2cc(C)nn2CC)C(C(C)(C)C)CN1. The van der Waals surface area contributed by atoms with Crippen molar-refractivity contribution in [3.8, 4) is 0 Å². The van der Waals surface area contributed by atoms with Crippen LogP contribution in [-0.4, -0.2) is 39.9 Å². The molecule has 1 saturated heterocycles. The van der Waals surface area contributed by atoms with Gasteiger partial charge in [0.2, 0.25) is 0 Å². The molecule has 1 aliphatic rings. The molecular formula is C17H32N4. The van der Waals surface area contributed by atoms with Crippen LogP contribution in [0.3, 0.4) is 0 Å². The molecule has 4 nitrogen and oxygen atoms in total. The zero-order valence-electron chi connectivity index (χ0n) is 14.6. The van der Waals surface area contributed by atoms with Crippen molar-refractivity contribution in [3.63, 3.8) is 0 Å². The molecule has 0 aliphatic carbocycles. The van der Waals surface area contributed by atoms with Gasteiger partial charge < -0.3 is 5.32 Å². The number of aryl methyl sites for hydroxylation is 2. The fraction of sp³-hybridized carbons (Fsp3) is 0.824. The van der Waals surface area contributed by atoms with Gasteiger partial charge in [0.25, 0.3) is 0 Å². The lowest BCUT2D eigenvalue weighted by atomic mass is 9.83. The number of aromatic nitrogens is 2. The van der Waals surface area contributed by atoms with E-state index in [4.69, 9.17) is 0 Å². The largest absolute Gasteiger partial charge is 0.311 e. The minimum atomic E-state index is 0.290. The molecule has 1 aliphatic heterocycles. The van der Waals surface area contributed by atoms with E-state index in [1.54, 1.807) is 0 Å². The Balaban J connectivity index is 2.19. The summed E-state index contributed by atoms with van der Waals surface area (Å²) in [6.07, 6.45) is 1.19. The second kappa shape index (κ2) is 6.49. The smallest absolute Gasteiger partial charge is 0.0597 e. The van der Waals surface area contributed by atoms with E-state index in [0.29, 0.717) is 12.1 Å². The molecule has 0 amide bonds. The number of hydrogen-bond donors (Lipinski definition) is 1. The fourth-order valence-electron chi connectivity index (χ4n) is 3.39. The molecule has 21 heavy (non-hydrogen) atoms. The minimum absolute atomic E-state index is 0.290. The van der Waals surface area contributed by atoms with Crippen molar-refractivity contribution in [2.24, 2.45) is 5.41 Å². The molecule has 1 aromatic heterocycles. The van der Waals surface area contributed by atoms with Crippen LogP contribution in [0.2, 0.25) is 0 Å². The van der Waals surface area contributed by atoms with Crippen molar-refractivity contribution in [2.75, 3.05) is 13.1 Å². The van der Waals surface area contributed by atoms with Gasteiger partial charge in [-0.2, -0.15) is 5.10 Å². The second-order valence-corrected chi connectivity index (χ2v) is 7.42. The quantitative estimate of drug-likeness (QED) is 0.926. The van der Waals surface area contributed by atoms with E-state index in [9.17, 15) is 0 Å². The maximum Gasteiger partial charge on any atom is 0.0597 e. The summed E-state index contributed by atoms with van der Waals surface area (Å²) in [5, 5.41) is 8.31. The Morgan fingerprint density at radius 1 is 1.33 bits per heavy atom. The van der Waals surface area contributed by atoms with Gasteiger partial charge in [-0.15, -0.1) is 0 Å². The average Bonchev–Trinajstić information content (AvgIpc) is 2.77. The van der Waals surface area contributed by atoms with Crippen molar-refractivity contribution < 1.29 is 0 Å². The van der Waals surface area contributed by atoms with Gasteiger partial charge in [0.1, 0.15) is 0 Å². The van der Waals surface area contributed by atoms with E-state index < -0.39 is 0 Å². The van der Waals surface area contributed by atoms with Crippen molar-refractivity contribution in [1.29, 1.82) is 0 Å². The van der Waals surface area contributed by atoms with Crippen LogP contribution in [0.25, 0.3) is 0 Å². The normalized spacial score (nSPS) is 24.5. The van der Waals surface area contributed by atoms with Gasteiger partial charge in [0, 0.05) is 38.3 Å². The van der Waals surface area contributed by atoms with E-state index >= 15 is 0 Å². The van der Waals surface area contributed by atoms with Crippen LogP contribution in [-0.2, 0) is 13.1 Å². The first-order valence-corrected chi connectivity index (χ1v) is 8.35. The molecule has 120 valence electrons. The molecule has 0 saturated carbocycles. The Kier molecular flexibility index (Phi) is 5.10. The minimum Gasteiger partial charge on any atom is -0.311 e. The highest BCUT2D eigenvalue weighted by Gasteiger charge is 2.35. The van der Waals surface area contributed by atoms with E-state index in [1.165, 1.54) is 12.1 Å². The van der Waals surface area contributed by atoms with Crippen LogP contribution >= 0.6 is 0 Å². The first-order chi connectivity index (χ1) is 9.85. The standard InChI is InChI=1S/C17H32N4/c1-7-14-11-20(16(10-18-14)17(4,5)6)12-15-9-13(3)19-21(15)8-2/h9,14,16,18H,7-8,10-12H2,1-6H3. The Bertz CT molecular complexity index is 458. The lowest BCUT2D eigenvalue weighted by Crippen LogP contribution is -2.60. The molecule has 2 heterocycles. The summed E-state index contributed by atoms with van der Waals surface area (Å²) in [5.41, 5.74) is 2.76. The van der Waals surface area contributed by atoms with Crippen LogP contribution in [0.5, 0.6) is 0 Å². The Morgan fingerprint density at radius 2 is 2.05 bits per heavy atom. The summed E-state index contributed by atoms with van der Waals surface area (Å²) >= 11 is 0. The Hall–Kier alpha value is -0.870. The highest BCUT2D eigenvalue weighted by atomic mass is 15.3. The lowest BCUT2D eigenvalue weighted by Gasteiger charge is -2.46. The lowest BCUT2D eigenvalue weighted by molar-refractivity contribution is 0.0465. The van der Waals surface area contributed by atoms with Crippen LogP contribution in [0.15, 0.2) is 6.07 Å². The Morgan fingerprint density at radius 3 is 2.62 bits per heavy atom. The molecule has 2 unspecified atom stereocenters. The van der Waals surface area contributed by atoms with Crippen LogP contribution in [0.1, 0.15) is 52.4 Å². The van der Waals surface area contributed by atoms with Gasteiger partial charge in [0.15, 0.2) is 0 Å². The Labute approximate surface area is 129 Å². The third-order valence-corrected chi connectivity index (χ3v) is 4.64. The number of piperazine rings is 1. The molecule has 0 aromatic carbocycles. The first-order valence-electron chi connectivity index (χ1n) is 8.35. The van der Waals surface area contributed by atoms with Crippen molar-refractivity contribution in [1.82, 2.24) is 20.0 Å². The molecule has 1 fully saturated rings. The molecule has 0 bridgehead atoms. The van der Waals surface area contributed by atoms with E-state index in [0.717, 1.165) is 31.9 Å². The summed E-state index contributed by atoms with van der Waals surface area (Å²) < 4.78 is 2.15. The highest BCUT2D eigenvalue weighted by Crippen LogP contribution is 2.28. The van der Waals surface area contributed by atoms with Crippen LogP contribution in [0, 0.1) is 12.3 Å². The molecule has 4 heteroatoms. The van der Waals surface area contributed by atoms with Gasteiger partial charge in [-0.25, -0.2) is 0 Å². The van der Waals surface area contributed by atoms with Crippen molar-refractivity contribution >= 4 is 0 Å². The van der Waals surface area contributed by atoms with Gasteiger partial charge in [-0.05, 0) is 31.7 Å². The topological polar surface area (TPSA) is 33.1 Å². The average molecular weight is 292 g/mol. The summed E-state index contributed by atoms with van der Waals surface area (Å²) in [6.45, 7) is 17.7. The molecule has 1 aromatic rings. The summed E-state index contributed by atoms with van der Waals surface area (Å²) in [5.74, 6) is 0. The summed E-state index contributed by atoms with van der Waals surface area (Å²) in [7, 11) is 0. The van der Waals surface area contributed by atoms with E-state index in [2.05, 4.69) is 67.6 Å².